The zero-order valence-electron chi connectivity index (χ0n) is 12.9. The van der Waals surface area contributed by atoms with Gasteiger partial charge in [-0.1, -0.05) is 34.1 Å². The Bertz CT molecular complexity index is 686. The maximum absolute atomic E-state index is 12.3. The molecular weight excluding hydrogens is 358 g/mol. The summed E-state index contributed by atoms with van der Waals surface area (Å²) in [5.74, 6) is 1.44. The first-order chi connectivity index (χ1) is 11.2. The van der Waals surface area contributed by atoms with E-state index in [4.69, 9.17) is 10.2 Å². The summed E-state index contributed by atoms with van der Waals surface area (Å²) in [6, 6.07) is 8.03. The van der Waals surface area contributed by atoms with Gasteiger partial charge in [0.25, 0.3) is 0 Å². The Kier molecular flexibility index (Phi) is 5.13. The smallest absolute Gasteiger partial charge is 0.223 e. The van der Waals surface area contributed by atoms with Gasteiger partial charge in [-0.15, -0.1) is 0 Å². The van der Waals surface area contributed by atoms with E-state index in [2.05, 4.69) is 20.9 Å². The molecule has 1 unspecified atom stereocenters. The summed E-state index contributed by atoms with van der Waals surface area (Å²) in [4.78, 5) is 18.5. The maximum atomic E-state index is 12.3. The minimum Gasteiger partial charge on any atom is -0.441 e. The summed E-state index contributed by atoms with van der Waals surface area (Å²) in [7, 11) is 0. The molecule has 23 heavy (non-hydrogen) atoms. The van der Waals surface area contributed by atoms with Crippen LogP contribution in [0.4, 0.5) is 0 Å². The van der Waals surface area contributed by atoms with Crippen molar-refractivity contribution < 1.29 is 9.21 Å². The van der Waals surface area contributed by atoms with Crippen molar-refractivity contribution in [1.82, 2.24) is 9.88 Å². The first kappa shape index (κ1) is 16.2. The van der Waals surface area contributed by atoms with E-state index in [9.17, 15) is 4.79 Å². The average Bonchev–Trinajstić information content (AvgIpc) is 3.22. The predicted molar refractivity (Wildman–Crippen MR) is 91.7 cm³/mol. The highest BCUT2D eigenvalue weighted by Crippen LogP contribution is 2.28. The van der Waals surface area contributed by atoms with Crippen LogP contribution in [-0.4, -0.2) is 34.9 Å². The predicted octanol–water partition coefficient (Wildman–Crippen LogP) is 2.99. The molecule has 6 heteroatoms. The number of halogens is 1. The topological polar surface area (TPSA) is 72.4 Å². The van der Waals surface area contributed by atoms with Crippen LogP contribution in [0.2, 0.25) is 0 Å². The molecule has 1 amide bonds. The number of aryl methyl sites for hydroxylation is 1. The van der Waals surface area contributed by atoms with Gasteiger partial charge in [0.05, 0.1) is 6.20 Å². The van der Waals surface area contributed by atoms with Gasteiger partial charge in [-0.05, 0) is 18.9 Å². The second kappa shape index (κ2) is 7.27. The highest BCUT2D eigenvalue weighted by Gasteiger charge is 2.27. The van der Waals surface area contributed by atoms with Crippen LogP contribution in [-0.2, 0) is 11.2 Å². The molecule has 2 aromatic rings. The number of carbonyl (C=O) groups is 1. The average molecular weight is 378 g/mol. The Balaban J connectivity index is 1.61. The molecular formula is C17H20BrN3O2. The van der Waals surface area contributed by atoms with E-state index < -0.39 is 0 Å². The molecule has 3 rings (SSSR count). The number of benzene rings is 1. The molecule has 1 aliphatic heterocycles. The summed E-state index contributed by atoms with van der Waals surface area (Å²) in [6.07, 6.45) is 4.67. The molecule has 5 nitrogen and oxygen atoms in total. The minimum absolute atomic E-state index is 0.138. The van der Waals surface area contributed by atoms with Gasteiger partial charge in [0, 0.05) is 42.0 Å². The fourth-order valence-electron chi connectivity index (χ4n) is 2.98. The Hall–Kier alpha value is -1.66. The molecule has 1 aromatic carbocycles. The maximum Gasteiger partial charge on any atom is 0.223 e. The number of nitrogens with two attached hydrogens (primary N) is 1. The lowest BCUT2D eigenvalue weighted by Crippen LogP contribution is -2.40. The van der Waals surface area contributed by atoms with E-state index in [1.165, 1.54) is 0 Å². The van der Waals surface area contributed by atoms with Gasteiger partial charge in [0.1, 0.15) is 0 Å². The normalized spacial score (nSPS) is 17.7. The summed E-state index contributed by atoms with van der Waals surface area (Å²) < 4.78 is 6.74. The van der Waals surface area contributed by atoms with Crippen molar-refractivity contribution in [1.29, 1.82) is 0 Å². The number of rotatable bonds is 5. The number of aromatic nitrogens is 1. The molecule has 1 aromatic heterocycles. The van der Waals surface area contributed by atoms with Crippen molar-refractivity contribution >= 4 is 21.8 Å². The lowest BCUT2D eigenvalue weighted by molar-refractivity contribution is -0.131. The third-order valence-electron chi connectivity index (χ3n) is 4.22. The van der Waals surface area contributed by atoms with E-state index in [0.717, 1.165) is 29.4 Å². The van der Waals surface area contributed by atoms with Crippen molar-refractivity contribution in [2.75, 3.05) is 13.1 Å². The molecule has 0 radical (unpaired) electrons. The van der Waals surface area contributed by atoms with Crippen molar-refractivity contribution in [3.8, 4) is 11.3 Å². The SMILES string of the molecule is NCC1CCCN1C(=O)CCc1ncc(-c2ccccc2Br)o1. The van der Waals surface area contributed by atoms with Crippen LogP contribution in [0.3, 0.4) is 0 Å². The van der Waals surface area contributed by atoms with Crippen molar-refractivity contribution in [2.24, 2.45) is 5.73 Å². The molecule has 2 N–H and O–H groups in total. The Morgan fingerprint density at radius 1 is 1.43 bits per heavy atom. The van der Waals surface area contributed by atoms with Gasteiger partial charge in [0.2, 0.25) is 5.91 Å². The second-order valence-electron chi connectivity index (χ2n) is 5.72. The Morgan fingerprint density at radius 2 is 2.26 bits per heavy atom. The van der Waals surface area contributed by atoms with Gasteiger partial charge < -0.3 is 15.1 Å². The summed E-state index contributed by atoms with van der Waals surface area (Å²) >= 11 is 3.50. The number of hydrogen-bond donors (Lipinski definition) is 1. The lowest BCUT2D eigenvalue weighted by Gasteiger charge is -2.23. The van der Waals surface area contributed by atoms with Crippen LogP contribution >= 0.6 is 15.9 Å². The van der Waals surface area contributed by atoms with Crippen molar-refractivity contribution in [3.63, 3.8) is 0 Å². The number of nitrogens with zero attached hydrogens (tertiary/aromatic N) is 2. The zero-order valence-corrected chi connectivity index (χ0v) is 14.5. The standard InChI is InChI=1S/C17H20BrN3O2/c18-14-6-2-1-5-13(14)15-11-20-16(23-15)7-8-17(22)21-9-3-4-12(21)10-19/h1-2,5-6,11-12H,3-4,7-10,19H2. The molecule has 0 spiro atoms. The Labute approximate surface area is 144 Å². The van der Waals surface area contributed by atoms with E-state index >= 15 is 0 Å². The number of carbonyl (C=O) groups excluding carboxylic acids is 1. The van der Waals surface area contributed by atoms with Gasteiger partial charge >= 0.3 is 0 Å². The van der Waals surface area contributed by atoms with Crippen LogP contribution in [0.5, 0.6) is 0 Å². The van der Waals surface area contributed by atoms with Crippen molar-refractivity contribution in [3.05, 3.63) is 40.8 Å². The molecule has 1 atom stereocenters. The van der Waals surface area contributed by atoms with Gasteiger partial charge in [-0.2, -0.15) is 0 Å². The fraction of sp³-hybridized carbons (Fsp3) is 0.412. The first-order valence-electron chi connectivity index (χ1n) is 7.88. The number of amides is 1. The van der Waals surface area contributed by atoms with Gasteiger partial charge in [-0.25, -0.2) is 4.98 Å². The molecule has 1 fully saturated rings. The van der Waals surface area contributed by atoms with E-state index in [1.54, 1.807) is 6.20 Å². The quantitative estimate of drug-likeness (QED) is 0.868. The van der Waals surface area contributed by atoms with Gasteiger partial charge in [0.15, 0.2) is 11.7 Å². The number of hydrogen-bond acceptors (Lipinski definition) is 4. The van der Waals surface area contributed by atoms with Crippen LogP contribution < -0.4 is 5.73 Å². The fourth-order valence-corrected chi connectivity index (χ4v) is 3.46. The molecule has 0 saturated carbocycles. The monoisotopic (exact) mass is 377 g/mol. The first-order valence-corrected chi connectivity index (χ1v) is 8.67. The highest BCUT2D eigenvalue weighted by molar-refractivity contribution is 9.10. The zero-order chi connectivity index (χ0) is 16.2. The van der Waals surface area contributed by atoms with Crippen LogP contribution in [0, 0.1) is 0 Å². The largest absolute Gasteiger partial charge is 0.441 e. The second-order valence-corrected chi connectivity index (χ2v) is 6.57. The third kappa shape index (κ3) is 3.64. The van der Waals surface area contributed by atoms with E-state index in [1.807, 2.05) is 29.2 Å². The van der Waals surface area contributed by atoms with Crippen LogP contribution in [0.1, 0.15) is 25.2 Å². The molecule has 1 aliphatic rings. The molecule has 2 heterocycles. The molecule has 1 saturated heterocycles. The van der Waals surface area contributed by atoms with Crippen LogP contribution in [0.15, 0.2) is 39.4 Å². The van der Waals surface area contributed by atoms with Crippen LogP contribution in [0.25, 0.3) is 11.3 Å². The molecule has 0 aliphatic carbocycles. The lowest BCUT2D eigenvalue weighted by atomic mass is 10.2. The molecule has 122 valence electrons. The summed E-state index contributed by atoms with van der Waals surface area (Å²) in [5, 5.41) is 0. The number of oxazole rings is 1. The van der Waals surface area contributed by atoms with E-state index in [-0.39, 0.29) is 11.9 Å². The van der Waals surface area contributed by atoms with Crippen molar-refractivity contribution in [2.45, 2.75) is 31.7 Å². The molecule has 0 bridgehead atoms. The van der Waals surface area contributed by atoms with Gasteiger partial charge in [-0.3, -0.25) is 4.79 Å². The highest BCUT2D eigenvalue weighted by atomic mass is 79.9. The minimum atomic E-state index is 0.138. The summed E-state index contributed by atoms with van der Waals surface area (Å²) in [6.45, 7) is 1.35. The summed E-state index contributed by atoms with van der Waals surface area (Å²) in [5.41, 5.74) is 6.68. The third-order valence-corrected chi connectivity index (χ3v) is 4.91. The Morgan fingerprint density at radius 3 is 3.04 bits per heavy atom. The number of likely N-dealkylation sites (tertiary alicyclic amines) is 1. The van der Waals surface area contributed by atoms with E-state index in [0.29, 0.717) is 31.0 Å².